The van der Waals surface area contributed by atoms with Gasteiger partial charge in [-0.25, -0.2) is 4.98 Å². The molecule has 3 heterocycles. The summed E-state index contributed by atoms with van der Waals surface area (Å²) >= 11 is 3.48. The van der Waals surface area contributed by atoms with Crippen LogP contribution in [0.5, 0.6) is 6.01 Å². The fourth-order valence-electron chi connectivity index (χ4n) is 2.45. The third-order valence-electron chi connectivity index (χ3n) is 3.83. The van der Waals surface area contributed by atoms with Crippen molar-refractivity contribution in [3.05, 3.63) is 4.73 Å². The molecule has 2 aromatic heterocycles. The standard InChI is InChI=1S/C14H20BrN5O2/c1-3-8(2)22-14-18-11(16)10-12(19-14)20(13(15)17-10)9-6-4-5-7-21-9/h8-9H,3-7H2,1-2H3,(H2,16,18,19). The number of rotatable bonds is 4. The Labute approximate surface area is 137 Å². The highest BCUT2D eigenvalue weighted by atomic mass is 79.9. The van der Waals surface area contributed by atoms with E-state index in [4.69, 9.17) is 15.2 Å². The third-order valence-corrected chi connectivity index (χ3v) is 4.39. The molecule has 1 aliphatic rings. The predicted octanol–water partition coefficient (Wildman–Crippen LogP) is 3.05. The van der Waals surface area contributed by atoms with E-state index in [0.29, 0.717) is 21.7 Å². The monoisotopic (exact) mass is 369 g/mol. The number of hydrogen-bond acceptors (Lipinski definition) is 6. The summed E-state index contributed by atoms with van der Waals surface area (Å²) in [5.74, 6) is 0.318. The van der Waals surface area contributed by atoms with Crippen molar-refractivity contribution in [1.82, 2.24) is 19.5 Å². The van der Waals surface area contributed by atoms with E-state index in [1.165, 1.54) is 0 Å². The highest BCUT2D eigenvalue weighted by molar-refractivity contribution is 9.10. The number of halogens is 1. The average molecular weight is 370 g/mol. The molecule has 0 aromatic carbocycles. The van der Waals surface area contributed by atoms with Crippen molar-refractivity contribution in [2.75, 3.05) is 12.3 Å². The Morgan fingerprint density at radius 1 is 1.41 bits per heavy atom. The number of nitrogen functional groups attached to an aromatic ring is 1. The van der Waals surface area contributed by atoms with Crippen LogP contribution in [0.25, 0.3) is 11.2 Å². The first-order valence-electron chi connectivity index (χ1n) is 7.59. The molecular weight excluding hydrogens is 350 g/mol. The lowest BCUT2D eigenvalue weighted by atomic mass is 10.2. The van der Waals surface area contributed by atoms with Gasteiger partial charge in [0, 0.05) is 6.61 Å². The summed E-state index contributed by atoms with van der Waals surface area (Å²) in [6, 6.07) is 0.281. The number of nitrogens with zero attached hydrogens (tertiary/aromatic N) is 4. The molecule has 8 heteroatoms. The summed E-state index contributed by atoms with van der Waals surface area (Å²) in [7, 11) is 0. The third kappa shape index (κ3) is 2.89. The van der Waals surface area contributed by atoms with Crippen LogP contribution in [0.4, 0.5) is 5.82 Å². The Morgan fingerprint density at radius 2 is 2.23 bits per heavy atom. The van der Waals surface area contributed by atoms with Gasteiger partial charge in [0.1, 0.15) is 6.23 Å². The minimum absolute atomic E-state index is 0.0302. The molecule has 0 radical (unpaired) electrons. The lowest BCUT2D eigenvalue weighted by molar-refractivity contribution is -0.0311. The molecule has 7 nitrogen and oxygen atoms in total. The van der Waals surface area contributed by atoms with Crippen LogP contribution in [0.1, 0.15) is 45.8 Å². The van der Waals surface area contributed by atoms with Gasteiger partial charge in [-0.15, -0.1) is 0 Å². The quantitative estimate of drug-likeness (QED) is 0.833. The Kier molecular flexibility index (Phi) is 4.49. The summed E-state index contributed by atoms with van der Waals surface area (Å²) in [6.07, 6.45) is 3.95. The van der Waals surface area contributed by atoms with E-state index in [9.17, 15) is 0 Å². The van der Waals surface area contributed by atoms with Gasteiger partial charge in [0.05, 0.1) is 6.10 Å². The Balaban J connectivity index is 2.05. The van der Waals surface area contributed by atoms with Crippen molar-refractivity contribution < 1.29 is 9.47 Å². The van der Waals surface area contributed by atoms with Crippen LogP contribution in [-0.4, -0.2) is 32.2 Å². The molecule has 2 unspecified atom stereocenters. The van der Waals surface area contributed by atoms with E-state index in [2.05, 4.69) is 30.9 Å². The number of aromatic nitrogens is 4. The molecule has 22 heavy (non-hydrogen) atoms. The summed E-state index contributed by atoms with van der Waals surface area (Å²) in [5.41, 5.74) is 7.23. The first-order chi connectivity index (χ1) is 10.6. The fraction of sp³-hybridized carbons (Fsp3) is 0.643. The molecule has 2 aromatic rings. The Hall–Kier alpha value is -1.41. The minimum atomic E-state index is -0.0844. The molecule has 1 fully saturated rings. The molecule has 2 atom stereocenters. The zero-order valence-corrected chi connectivity index (χ0v) is 14.3. The van der Waals surface area contributed by atoms with Crippen LogP contribution in [0.15, 0.2) is 4.73 Å². The van der Waals surface area contributed by atoms with Crippen LogP contribution in [0.3, 0.4) is 0 Å². The lowest BCUT2D eigenvalue weighted by Crippen LogP contribution is -2.19. The fourth-order valence-corrected chi connectivity index (χ4v) is 3.02. The van der Waals surface area contributed by atoms with E-state index < -0.39 is 0 Å². The molecule has 0 bridgehead atoms. The number of imidazole rings is 1. The molecule has 2 N–H and O–H groups in total. The van der Waals surface area contributed by atoms with Crippen molar-refractivity contribution in [3.8, 4) is 6.01 Å². The zero-order valence-electron chi connectivity index (χ0n) is 12.8. The second kappa shape index (κ2) is 6.37. The van der Waals surface area contributed by atoms with E-state index in [1.807, 2.05) is 18.4 Å². The first-order valence-corrected chi connectivity index (χ1v) is 8.38. The molecule has 1 aliphatic heterocycles. The molecule has 0 amide bonds. The van der Waals surface area contributed by atoms with Gasteiger partial charge in [0.25, 0.3) is 0 Å². The van der Waals surface area contributed by atoms with Crippen LogP contribution in [0, 0.1) is 0 Å². The summed E-state index contributed by atoms with van der Waals surface area (Å²) in [5, 5.41) is 0. The van der Waals surface area contributed by atoms with E-state index in [0.717, 1.165) is 32.3 Å². The molecule has 1 saturated heterocycles. The zero-order chi connectivity index (χ0) is 15.7. The number of hydrogen-bond donors (Lipinski definition) is 1. The van der Waals surface area contributed by atoms with Gasteiger partial charge in [-0.3, -0.25) is 4.57 Å². The lowest BCUT2D eigenvalue weighted by Gasteiger charge is -2.24. The number of nitrogens with two attached hydrogens (primary N) is 1. The molecule has 0 spiro atoms. The van der Waals surface area contributed by atoms with Gasteiger partial charge in [-0.05, 0) is 48.5 Å². The molecular formula is C14H20BrN5O2. The van der Waals surface area contributed by atoms with Crippen molar-refractivity contribution in [3.63, 3.8) is 0 Å². The Bertz CT molecular complexity index is 669. The topological polar surface area (TPSA) is 88.1 Å². The average Bonchev–Trinajstić information content (AvgIpc) is 2.85. The van der Waals surface area contributed by atoms with Gasteiger partial charge >= 0.3 is 6.01 Å². The summed E-state index contributed by atoms with van der Waals surface area (Å²) < 4.78 is 14.1. The van der Waals surface area contributed by atoms with Crippen molar-refractivity contribution in [2.45, 2.75) is 51.9 Å². The van der Waals surface area contributed by atoms with Gasteiger partial charge in [-0.2, -0.15) is 9.97 Å². The maximum absolute atomic E-state index is 6.02. The van der Waals surface area contributed by atoms with E-state index in [-0.39, 0.29) is 18.3 Å². The number of anilines is 1. The molecule has 0 saturated carbocycles. The first kappa shape index (κ1) is 15.5. The molecule has 3 rings (SSSR count). The number of ether oxygens (including phenoxy) is 2. The smallest absolute Gasteiger partial charge is 0.320 e. The van der Waals surface area contributed by atoms with Crippen molar-refractivity contribution in [1.29, 1.82) is 0 Å². The van der Waals surface area contributed by atoms with E-state index >= 15 is 0 Å². The number of fused-ring (bicyclic) bond motifs is 1. The van der Waals surface area contributed by atoms with Crippen LogP contribution in [0.2, 0.25) is 0 Å². The largest absolute Gasteiger partial charge is 0.460 e. The normalized spacial score (nSPS) is 20.2. The van der Waals surface area contributed by atoms with Gasteiger partial charge in [0.15, 0.2) is 21.7 Å². The van der Waals surface area contributed by atoms with Crippen LogP contribution in [-0.2, 0) is 4.74 Å². The minimum Gasteiger partial charge on any atom is -0.460 e. The van der Waals surface area contributed by atoms with E-state index in [1.54, 1.807) is 0 Å². The van der Waals surface area contributed by atoms with Gasteiger partial charge < -0.3 is 15.2 Å². The predicted molar refractivity (Wildman–Crippen MR) is 86.7 cm³/mol. The second-order valence-corrected chi connectivity index (χ2v) is 6.18. The maximum Gasteiger partial charge on any atom is 0.320 e. The SMILES string of the molecule is CCC(C)Oc1nc(N)c2nc(Br)n(C3CCCCO3)c2n1. The second-order valence-electron chi connectivity index (χ2n) is 5.47. The summed E-state index contributed by atoms with van der Waals surface area (Å²) in [4.78, 5) is 13.1. The highest BCUT2D eigenvalue weighted by Crippen LogP contribution is 2.32. The molecule has 0 aliphatic carbocycles. The van der Waals surface area contributed by atoms with Crippen molar-refractivity contribution >= 4 is 32.9 Å². The molecule has 120 valence electrons. The van der Waals surface area contributed by atoms with Gasteiger partial charge in [-0.1, -0.05) is 6.92 Å². The highest BCUT2D eigenvalue weighted by Gasteiger charge is 2.24. The van der Waals surface area contributed by atoms with Gasteiger partial charge in [0.2, 0.25) is 0 Å². The Morgan fingerprint density at radius 3 is 2.91 bits per heavy atom. The maximum atomic E-state index is 6.02. The van der Waals surface area contributed by atoms with Crippen LogP contribution < -0.4 is 10.5 Å². The van der Waals surface area contributed by atoms with Crippen LogP contribution >= 0.6 is 15.9 Å². The van der Waals surface area contributed by atoms with Crippen molar-refractivity contribution in [2.24, 2.45) is 0 Å². The summed E-state index contributed by atoms with van der Waals surface area (Å²) in [6.45, 7) is 4.76.